The van der Waals surface area contributed by atoms with E-state index in [1.54, 1.807) is 0 Å². The lowest BCUT2D eigenvalue weighted by Gasteiger charge is -2.41. The number of nitrogens with zero attached hydrogens (tertiary/aromatic N) is 2. The standard InChI is InChI=1S/C33H40ClN3O2/c1-5-7-16-26-22-25-15-11-12-17-27(25)31(36-26)39-21-20-37(3,4)30(6-2)28-18-19-33(34,32(35)38)23-29(28)24-13-9-8-10-14-24/h8-15,17-18,22-23,30H,5-7,16,19-21H2,1-4H3,(H-,35,38)/p+1/t30-,33+/m0/s1. The number of allylic oxidation sites excluding steroid dienone is 1. The molecule has 1 heterocycles. The monoisotopic (exact) mass is 546 g/mol. The van der Waals surface area contributed by atoms with Crippen LogP contribution in [0.1, 0.15) is 50.8 Å². The Kier molecular flexibility index (Phi) is 9.14. The fraction of sp³-hybridized carbons (Fsp3) is 0.394. The van der Waals surface area contributed by atoms with Crippen LogP contribution in [0.4, 0.5) is 0 Å². The van der Waals surface area contributed by atoms with E-state index >= 15 is 0 Å². The molecule has 0 saturated heterocycles. The zero-order valence-corrected chi connectivity index (χ0v) is 24.4. The molecule has 0 radical (unpaired) electrons. The molecule has 4 rings (SSSR count). The van der Waals surface area contributed by atoms with Crippen LogP contribution >= 0.6 is 11.6 Å². The molecule has 2 aromatic carbocycles. The van der Waals surface area contributed by atoms with Crippen LogP contribution in [0.3, 0.4) is 0 Å². The van der Waals surface area contributed by atoms with Crippen LogP contribution in [-0.4, -0.2) is 53.5 Å². The number of unbranched alkanes of at least 4 members (excludes halogenated alkanes) is 1. The number of hydrogen-bond donors (Lipinski definition) is 1. The molecular formula is C33H41ClN3O2+. The van der Waals surface area contributed by atoms with E-state index in [1.165, 1.54) is 5.57 Å². The molecule has 206 valence electrons. The SMILES string of the molecule is CCCCc1cc2ccccc2c(OCC[N+](C)(C)[C@@H](CC)C2=CC[C@](Cl)(C(N)=O)C=C2c2ccccc2)n1. The van der Waals surface area contributed by atoms with Crippen molar-refractivity contribution in [3.8, 4) is 5.88 Å². The number of quaternary nitrogens is 1. The van der Waals surface area contributed by atoms with Crippen LogP contribution in [0.2, 0.25) is 0 Å². The van der Waals surface area contributed by atoms with E-state index < -0.39 is 10.8 Å². The summed E-state index contributed by atoms with van der Waals surface area (Å²) in [4.78, 5) is 15.9. The highest BCUT2D eigenvalue weighted by Crippen LogP contribution is 2.40. The summed E-state index contributed by atoms with van der Waals surface area (Å²) in [6.45, 7) is 5.73. The highest BCUT2D eigenvalue weighted by Gasteiger charge is 2.40. The molecule has 1 aromatic heterocycles. The van der Waals surface area contributed by atoms with Gasteiger partial charge in [0.15, 0.2) is 0 Å². The van der Waals surface area contributed by atoms with Crippen molar-refractivity contribution < 1.29 is 14.0 Å². The molecule has 1 amide bonds. The number of primary amides is 1. The minimum Gasteiger partial charge on any atom is -0.471 e. The second-order valence-electron chi connectivity index (χ2n) is 11.0. The van der Waals surface area contributed by atoms with Gasteiger partial charge in [0.2, 0.25) is 11.8 Å². The number of nitrogens with two attached hydrogens (primary N) is 1. The van der Waals surface area contributed by atoms with Crippen LogP contribution < -0.4 is 10.5 Å². The van der Waals surface area contributed by atoms with Crippen LogP contribution in [0.15, 0.2) is 78.4 Å². The van der Waals surface area contributed by atoms with Crippen molar-refractivity contribution in [2.45, 2.75) is 56.9 Å². The second-order valence-corrected chi connectivity index (χ2v) is 11.7. The van der Waals surface area contributed by atoms with E-state index in [1.807, 2.05) is 30.3 Å². The van der Waals surface area contributed by atoms with Crippen LogP contribution in [0, 0.1) is 0 Å². The lowest BCUT2D eigenvalue weighted by molar-refractivity contribution is -0.909. The summed E-state index contributed by atoms with van der Waals surface area (Å²) in [7, 11) is 4.47. The summed E-state index contributed by atoms with van der Waals surface area (Å²) in [6.07, 6.45) is 8.46. The number of fused-ring (bicyclic) bond motifs is 1. The molecular weight excluding hydrogens is 506 g/mol. The number of halogens is 1. The third-order valence-corrected chi connectivity index (χ3v) is 8.29. The van der Waals surface area contributed by atoms with E-state index in [0.29, 0.717) is 23.4 Å². The van der Waals surface area contributed by atoms with Gasteiger partial charge in [-0.25, -0.2) is 4.98 Å². The predicted molar refractivity (Wildman–Crippen MR) is 162 cm³/mol. The highest BCUT2D eigenvalue weighted by molar-refractivity contribution is 6.37. The number of aryl methyl sites for hydroxylation is 1. The molecule has 3 aromatic rings. The molecule has 6 heteroatoms. The average molecular weight is 547 g/mol. The molecule has 0 unspecified atom stereocenters. The van der Waals surface area contributed by atoms with Crippen molar-refractivity contribution in [3.63, 3.8) is 0 Å². The van der Waals surface area contributed by atoms with Gasteiger partial charge in [-0.3, -0.25) is 4.79 Å². The Hall–Kier alpha value is -3.15. The molecule has 0 saturated carbocycles. The first-order valence-electron chi connectivity index (χ1n) is 14.0. The summed E-state index contributed by atoms with van der Waals surface area (Å²) in [5.41, 5.74) is 9.99. The van der Waals surface area contributed by atoms with Gasteiger partial charge in [-0.2, -0.15) is 0 Å². The van der Waals surface area contributed by atoms with Crippen molar-refractivity contribution in [1.29, 1.82) is 0 Å². The maximum absolute atomic E-state index is 12.2. The van der Waals surface area contributed by atoms with Crippen molar-refractivity contribution >= 4 is 33.9 Å². The van der Waals surface area contributed by atoms with Crippen LogP contribution in [0.25, 0.3) is 16.3 Å². The second kappa shape index (κ2) is 12.4. The molecule has 0 aliphatic heterocycles. The average Bonchev–Trinajstić information content (AvgIpc) is 2.93. The van der Waals surface area contributed by atoms with Crippen molar-refractivity contribution in [3.05, 3.63) is 89.6 Å². The summed E-state index contributed by atoms with van der Waals surface area (Å²) in [6, 6.07) is 20.8. The number of alkyl halides is 1. The number of likely N-dealkylation sites (N-methyl/N-ethyl adjacent to an activating group) is 1. The summed E-state index contributed by atoms with van der Waals surface area (Å²) < 4.78 is 7.10. The largest absolute Gasteiger partial charge is 0.471 e. The fourth-order valence-electron chi connectivity index (χ4n) is 5.53. The number of benzene rings is 2. The van der Waals surface area contributed by atoms with Gasteiger partial charge in [0.05, 0.1) is 14.1 Å². The van der Waals surface area contributed by atoms with Gasteiger partial charge in [-0.1, -0.05) is 74.9 Å². The minimum absolute atomic E-state index is 0.176. The number of ether oxygens (including phenoxy) is 1. The third-order valence-electron chi connectivity index (χ3n) is 7.84. The van der Waals surface area contributed by atoms with Gasteiger partial charge in [0.1, 0.15) is 24.1 Å². The third kappa shape index (κ3) is 6.54. The molecule has 1 aliphatic rings. The zero-order valence-electron chi connectivity index (χ0n) is 23.6. The fourth-order valence-corrected chi connectivity index (χ4v) is 5.72. The first kappa shape index (κ1) is 28.8. The molecule has 39 heavy (non-hydrogen) atoms. The predicted octanol–water partition coefficient (Wildman–Crippen LogP) is 6.69. The van der Waals surface area contributed by atoms with Crippen molar-refractivity contribution in [1.82, 2.24) is 4.98 Å². The van der Waals surface area contributed by atoms with E-state index in [0.717, 1.165) is 59.8 Å². The highest BCUT2D eigenvalue weighted by atomic mass is 35.5. The molecule has 1 aliphatic carbocycles. The van der Waals surface area contributed by atoms with Crippen LogP contribution in [0.5, 0.6) is 5.88 Å². The maximum Gasteiger partial charge on any atom is 0.242 e. The number of amides is 1. The quantitative estimate of drug-likeness (QED) is 0.203. The first-order valence-corrected chi connectivity index (χ1v) is 14.4. The van der Waals surface area contributed by atoms with Crippen molar-refractivity contribution in [2.75, 3.05) is 27.2 Å². The maximum atomic E-state index is 12.2. The minimum atomic E-state index is -1.22. The van der Waals surface area contributed by atoms with Gasteiger partial charge >= 0.3 is 0 Å². The van der Waals surface area contributed by atoms with Gasteiger partial charge in [0.25, 0.3) is 0 Å². The summed E-state index contributed by atoms with van der Waals surface area (Å²) >= 11 is 6.70. The lowest BCUT2D eigenvalue weighted by Crippen LogP contribution is -2.52. The number of aromatic nitrogens is 1. The van der Waals surface area contributed by atoms with E-state index in [9.17, 15) is 4.79 Å². The zero-order chi connectivity index (χ0) is 28.0. The number of carbonyl (C=O) groups is 1. The van der Waals surface area contributed by atoms with Gasteiger partial charge in [-0.05, 0) is 54.0 Å². The number of carbonyl (C=O) groups excluding carboxylic acids is 1. The molecule has 0 spiro atoms. The van der Waals surface area contributed by atoms with E-state index in [2.05, 4.69) is 70.4 Å². The molecule has 0 bridgehead atoms. The Bertz CT molecular complexity index is 1370. The number of hydrogen-bond acceptors (Lipinski definition) is 3. The van der Waals surface area contributed by atoms with Crippen molar-refractivity contribution in [2.24, 2.45) is 5.73 Å². The molecule has 2 atom stereocenters. The molecule has 0 fully saturated rings. The van der Waals surface area contributed by atoms with Gasteiger partial charge in [0, 0.05) is 23.1 Å². The molecule has 5 nitrogen and oxygen atoms in total. The smallest absolute Gasteiger partial charge is 0.242 e. The summed E-state index contributed by atoms with van der Waals surface area (Å²) in [5, 5.41) is 2.21. The summed E-state index contributed by atoms with van der Waals surface area (Å²) in [5.74, 6) is 0.186. The van der Waals surface area contributed by atoms with Crippen LogP contribution in [-0.2, 0) is 11.2 Å². The Balaban J connectivity index is 1.57. The van der Waals surface area contributed by atoms with Gasteiger partial charge < -0.3 is 15.0 Å². The topological polar surface area (TPSA) is 65.2 Å². The van der Waals surface area contributed by atoms with E-state index in [-0.39, 0.29) is 6.04 Å². The van der Waals surface area contributed by atoms with E-state index in [4.69, 9.17) is 27.1 Å². The lowest BCUT2D eigenvalue weighted by atomic mass is 9.81. The number of rotatable bonds is 12. The van der Waals surface area contributed by atoms with Gasteiger partial charge in [-0.15, -0.1) is 11.6 Å². The Morgan fingerprint density at radius 1 is 1.13 bits per heavy atom. The Morgan fingerprint density at radius 2 is 1.85 bits per heavy atom. The molecule has 2 N–H and O–H groups in total. The normalized spacial score (nSPS) is 18.4. The Morgan fingerprint density at radius 3 is 2.54 bits per heavy atom. The first-order chi connectivity index (χ1) is 18.7. The Labute approximate surface area is 237 Å². The number of pyridine rings is 1.